The fourth-order valence-corrected chi connectivity index (χ4v) is 5.80. The first kappa shape index (κ1) is 18.8. The van der Waals surface area contributed by atoms with Crippen LogP contribution in [0.1, 0.15) is 74.2 Å². The zero-order chi connectivity index (χ0) is 19.5. The van der Waals surface area contributed by atoms with Gasteiger partial charge in [-0.15, -0.1) is 0 Å². The summed E-state index contributed by atoms with van der Waals surface area (Å²) in [6, 6.07) is 17.3. The molecule has 2 fully saturated rings. The Morgan fingerprint density at radius 2 is 1.52 bits per heavy atom. The van der Waals surface area contributed by atoms with E-state index in [0.717, 1.165) is 29.8 Å². The van der Waals surface area contributed by atoms with E-state index in [-0.39, 0.29) is 6.04 Å². The summed E-state index contributed by atoms with van der Waals surface area (Å²) in [4.78, 5) is 10.0. The van der Waals surface area contributed by atoms with Crippen molar-refractivity contribution in [3.8, 4) is 0 Å². The molecule has 29 heavy (non-hydrogen) atoms. The van der Waals surface area contributed by atoms with E-state index in [1.807, 2.05) is 0 Å². The van der Waals surface area contributed by atoms with Gasteiger partial charge in [0.1, 0.15) is 12.3 Å². The van der Waals surface area contributed by atoms with Gasteiger partial charge in [-0.1, -0.05) is 62.1 Å². The Labute approximate surface area is 174 Å². The van der Waals surface area contributed by atoms with Gasteiger partial charge in [0.25, 0.3) is 0 Å². The van der Waals surface area contributed by atoms with E-state index in [0.29, 0.717) is 12.5 Å². The molecule has 1 aliphatic heterocycles. The van der Waals surface area contributed by atoms with Crippen LogP contribution in [0.15, 0.2) is 53.5 Å². The van der Waals surface area contributed by atoms with Crippen LogP contribution in [0, 0.1) is 11.8 Å². The van der Waals surface area contributed by atoms with E-state index in [1.165, 1.54) is 62.6 Å². The van der Waals surface area contributed by atoms with Gasteiger partial charge < -0.3 is 4.74 Å². The number of hydrogen-bond donors (Lipinski definition) is 0. The van der Waals surface area contributed by atoms with Gasteiger partial charge in [-0.3, -0.25) is 0 Å². The molecule has 0 spiro atoms. The van der Waals surface area contributed by atoms with Crippen LogP contribution in [0.4, 0.5) is 0 Å². The minimum absolute atomic E-state index is 0.193. The summed E-state index contributed by atoms with van der Waals surface area (Å²) < 4.78 is 6.00. The summed E-state index contributed by atoms with van der Waals surface area (Å²) in [5, 5.41) is 0. The van der Waals surface area contributed by atoms with Crippen molar-refractivity contribution in [3.63, 3.8) is 0 Å². The molecule has 1 atom stereocenters. The van der Waals surface area contributed by atoms with Gasteiger partial charge in [0.15, 0.2) is 0 Å². The normalized spacial score (nSPS) is 22.9. The number of nitrogens with zero attached hydrogens (tertiary/aromatic N) is 2. The third kappa shape index (κ3) is 4.24. The molecule has 0 bridgehead atoms. The van der Waals surface area contributed by atoms with Crippen LogP contribution < -0.4 is 0 Å². The Kier molecular flexibility index (Phi) is 5.64. The van der Waals surface area contributed by atoms with Crippen LogP contribution in [0.5, 0.6) is 0 Å². The fourth-order valence-electron chi connectivity index (χ4n) is 5.80. The molecule has 0 unspecified atom stereocenters. The Morgan fingerprint density at radius 1 is 0.828 bits per heavy atom. The highest BCUT2D eigenvalue weighted by molar-refractivity contribution is 5.93. The molecule has 152 valence electrons. The van der Waals surface area contributed by atoms with Crippen LogP contribution in [-0.4, -0.2) is 23.5 Å². The number of pyridine rings is 1. The smallest absolute Gasteiger partial charge is 0.235 e. The van der Waals surface area contributed by atoms with E-state index in [1.54, 1.807) is 0 Å². The predicted molar refractivity (Wildman–Crippen MR) is 117 cm³/mol. The summed E-state index contributed by atoms with van der Waals surface area (Å²) in [5.74, 6) is 3.00. The second-order valence-electron chi connectivity index (χ2n) is 9.15. The SMILES string of the molecule is c1ccc(C[C@@H]2COC(c3cccc(C(C4CCCC4)C4CCCC4)n3)=N2)cc1. The van der Waals surface area contributed by atoms with Crippen molar-refractivity contribution in [1.29, 1.82) is 0 Å². The quantitative estimate of drug-likeness (QED) is 0.614. The predicted octanol–water partition coefficient (Wildman–Crippen LogP) is 5.93. The molecule has 5 rings (SSSR count). The monoisotopic (exact) mass is 388 g/mol. The topological polar surface area (TPSA) is 34.5 Å². The highest BCUT2D eigenvalue weighted by atomic mass is 16.5. The van der Waals surface area contributed by atoms with E-state index in [4.69, 9.17) is 14.7 Å². The average molecular weight is 389 g/mol. The zero-order valence-electron chi connectivity index (χ0n) is 17.3. The third-order valence-corrected chi connectivity index (χ3v) is 7.17. The lowest BCUT2D eigenvalue weighted by Gasteiger charge is -2.29. The van der Waals surface area contributed by atoms with E-state index >= 15 is 0 Å². The summed E-state index contributed by atoms with van der Waals surface area (Å²) >= 11 is 0. The Bertz CT molecular complexity index is 819. The second-order valence-corrected chi connectivity index (χ2v) is 9.15. The van der Waals surface area contributed by atoms with Gasteiger partial charge in [-0.25, -0.2) is 9.98 Å². The first-order valence-electron chi connectivity index (χ1n) is 11.6. The molecule has 0 saturated heterocycles. The maximum atomic E-state index is 6.00. The molecule has 1 aromatic carbocycles. The van der Waals surface area contributed by atoms with Crippen LogP contribution in [0.3, 0.4) is 0 Å². The summed E-state index contributed by atoms with van der Waals surface area (Å²) in [6.45, 7) is 0.658. The summed E-state index contributed by atoms with van der Waals surface area (Å²) in [7, 11) is 0. The number of benzene rings is 1. The van der Waals surface area contributed by atoms with Crippen LogP contribution in [0.2, 0.25) is 0 Å². The highest BCUT2D eigenvalue weighted by Crippen LogP contribution is 2.46. The van der Waals surface area contributed by atoms with Crippen molar-refractivity contribution in [2.75, 3.05) is 6.61 Å². The lowest BCUT2D eigenvalue weighted by atomic mass is 9.77. The molecule has 2 aromatic rings. The minimum atomic E-state index is 0.193. The molecule has 0 radical (unpaired) electrons. The van der Waals surface area contributed by atoms with Crippen molar-refractivity contribution in [2.45, 2.75) is 69.7 Å². The zero-order valence-corrected chi connectivity index (χ0v) is 17.3. The number of aliphatic imine (C=N–C) groups is 1. The number of aromatic nitrogens is 1. The number of hydrogen-bond acceptors (Lipinski definition) is 3. The number of rotatable bonds is 6. The van der Waals surface area contributed by atoms with Gasteiger partial charge in [-0.2, -0.15) is 0 Å². The minimum Gasteiger partial charge on any atom is -0.474 e. The van der Waals surface area contributed by atoms with Crippen LogP contribution in [-0.2, 0) is 11.2 Å². The van der Waals surface area contributed by atoms with E-state index in [2.05, 4.69) is 48.5 Å². The van der Waals surface area contributed by atoms with Gasteiger partial charge in [0, 0.05) is 11.6 Å². The summed E-state index contributed by atoms with van der Waals surface area (Å²) in [6.07, 6.45) is 12.0. The number of ether oxygens (including phenoxy) is 1. The van der Waals surface area contributed by atoms with Crippen molar-refractivity contribution in [1.82, 2.24) is 4.98 Å². The first-order chi connectivity index (χ1) is 14.4. The van der Waals surface area contributed by atoms with Gasteiger partial charge in [0.2, 0.25) is 5.90 Å². The van der Waals surface area contributed by atoms with Gasteiger partial charge in [-0.05, 0) is 61.6 Å². The first-order valence-corrected chi connectivity index (χ1v) is 11.6. The maximum Gasteiger partial charge on any atom is 0.235 e. The Morgan fingerprint density at radius 3 is 2.21 bits per heavy atom. The molecule has 2 saturated carbocycles. The van der Waals surface area contributed by atoms with Crippen molar-refractivity contribution >= 4 is 5.90 Å². The molecule has 0 amide bonds. The van der Waals surface area contributed by atoms with Gasteiger partial charge >= 0.3 is 0 Å². The van der Waals surface area contributed by atoms with E-state index < -0.39 is 0 Å². The van der Waals surface area contributed by atoms with Gasteiger partial charge in [0.05, 0.1) is 6.04 Å². The van der Waals surface area contributed by atoms with Crippen molar-refractivity contribution in [2.24, 2.45) is 16.8 Å². The maximum absolute atomic E-state index is 6.00. The van der Waals surface area contributed by atoms with Crippen molar-refractivity contribution < 1.29 is 4.74 Å². The molecule has 1 aromatic heterocycles. The second kappa shape index (κ2) is 8.69. The lowest BCUT2D eigenvalue weighted by Crippen LogP contribution is -2.20. The van der Waals surface area contributed by atoms with E-state index in [9.17, 15) is 0 Å². The fraction of sp³-hybridized carbons (Fsp3) is 0.538. The summed E-state index contributed by atoms with van der Waals surface area (Å²) in [5.41, 5.74) is 3.54. The molecule has 2 heterocycles. The molecular weight excluding hydrogens is 356 g/mol. The third-order valence-electron chi connectivity index (χ3n) is 7.17. The molecule has 3 heteroatoms. The Hall–Kier alpha value is -2.16. The standard InChI is InChI=1S/C26H32N2O/c1-2-9-19(10-3-1)17-22-18-29-26(27-22)24-16-8-15-23(28-24)25(20-11-4-5-12-20)21-13-6-7-14-21/h1-3,8-10,15-16,20-22,25H,4-7,11-14,17-18H2/t22-/m1/s1. The lowest BCUT2D eigenvalue weighted by molar-refractivity contribution is 0.307. The molecule has 3 aliphatic rings. The largest absolute Gasteiger partial charge is 0.474 e. The molecule has 2 aliphatic carbocycles. The van der Waals surface area contributed by atoms with Crippen LogP contribution >= 0.6 is 0 Å². The Balaban J connectivity index is 1.36. The molecule has 0 N–H and O–H groups in total. The molecular formula is C26H32N2O. The van der Waals surface area contributed by atoms with Crippen LogP contribution in [0.25, 0.3) is 0 Å². The average Bonchev–Trinajstić information content (AvgIpc) is 3.53. The molecule has 3 nitrogen and oxygen atoms in total. The van der Waals surface area contributed by atoms with Crippen molar-refractivity contribution in [3.05, 3.63) is 65.5 Å². The highest BCUT2D eigenvalue weighted by Gasteiger charge is 2.35.